The highest BCUT2D eigenvalue weighted by Crippen LogP contribution is 2.18. The third-order valence-electron chi connectivity index (χ3n) is 1.76. The van der Waals surface area contributed by atoms with Crippen molar-refractivity contribution in [1.29, 1.82) is 10.5 Å². The molecule has 0 aliphatic carbocycles. The minimum atomic E-state index is -1.13. The minimum Gasteiger partial charge on any atom is -0.478 e. The van der Waals surface area contributed by atoms with Crippen molar-refractivity contribution < 1.29 is 9.90 Å². The molecule has 1 rings (SSSR count). The Labute approximate surface area is 80.6 Å². The Bertz CT molecular complexity index is 426. The third-order valence-corrected chi connectivity index (χ3v) is 1.76. The summed E-state index contributed by atoms with van der Waals surface area (Å²) in [5.41, 5.74) is 0.241. The van der Waals surface area contributed by atoms with Gasteiger partial charge in [-0.2, -0.15) is 10.5 Å². The van der Waals surface area contributed by atoms with Crippen LogP contribution in [0, 0.1) is 22.7 Å². The normalized spacial score (nSPS) is 9.07. The molecule has 1 aromatic carbocycles. The molecular formula is C10H6N2O2. The molecule has 4 nitrogen and oxygen atoms in total. The van der Waals surface area contributed by atoms with Crippen molar-refractivity contribution in [2.45, 2.75) is 5.92 Å². The highest BCUT2D eigenvalue weighted by Gasteiger charge is 2.17. The number of carboxylic acid groups (broad SMARTS) is 1. The summed E-state index contributed by atoms with van der Waals surface area (Å²) in [5.74, 6) is -2.15. The smallest absolute Gasteiger partial charge is 0.336 e. The number of rotatable bonds is 2. The van der Waals surface area contributed by atoms with E-state index in [1.54, 1.807) is 24.3 Å². The van der Waals surface area contributed by atoms with Crippen molar-refractivity contribution in [1.82, 2.24) is 0 Å². The molecular weight excluding hydrogens is 180 g/mol. The first-order valence-electron chi connectivity index (χ1n) is 3.82. The molecule has 0 aliphatic rings. The fraction of sp³-hybridized carbons (Fsp3) is 0.100. The van der Waals surface area contributed by atoms with Crippen molar-refractivity contribution in [2.24, 2.45) is 0 Å². The van der Waals surface area contributed by atoms with E-state index in [1.165, 1.54) is 12.1 Å². The lowest BCUT2D eigenvalue weighted by atomic mass is 9.96. The second-order valence-corrected chi connectivity index (χ2v) is 2.58. The fourth-order valence-corrected chi connectivity index (χ4v) is 1.11. The Morgan fingerprint density at radius 1 is 1.29 bits per heavy atom. The Kier molecular flexibility index (Phi) is 2.83. The van der Waals surface area contributed by atoms with Crippen LogP contribution in [0.5, 0.6) is 0 Å². The van der Waals surface area contributed by atoms with Crippen molar-refractivity contribution in [2.75, 3.05) is 0 Å². The summed E-state index contributed by atoms with van der Waals surface area (Å²) in [6.07, 6.45) is 0. The molecule has 68 valence electrons. The number of carbonyl (C=O) groups is 1. The summed E-state index contributed by atoms with van der Waals surface area (Å²) in [6.45, 7) is 0. The van der Waals surface area contributed by atoms with Gasteiger partial charge in [-0.05, 0) is 11.6 Å². The van der Waals surface area contributed by atoms with Crippen LogP contribution in [-0.2, 0) is 0 Å². The predicted octanol–water partition coefficient (Wildman–Crippen LogP) is 1.52. The first-order chi connectivity index (χ1) is 6.70. The van der Waals surface area contributed by atoms with E-state index >= 15 is 0 Å². The Morgan fingerprint density at radius 2 is 1.86 bits per heavy atom. The van der Waals surface area contributed by atoms with Crippen LogP contribution >= 0.6 is 0 Å². The van der Waals surface area contributed by atoms with Crippen LogP contribution in [0.15, 0.2) is 24.3 Å². The van der Waals surface area contributed by atoms with E-state index < -0.39 is 11.9 Å². The van der Waals surface area contributed by atoms with Gasteiger partial charge < -0.3 is 5.11 Å². The molecule has 4 heteroatoms. The number of hydrogen-bond donors (Lipinski definition) is 1. The number of benzene rings is 1. The van der Waals surface area contributed by atoms with Gasteiger partial charge in [0.25, 0.3) is 0 Å². The molecule has 0 fully saturated rings. The maximum absolute atomic E-state index is 10.7. The molecule has 0 spiro atoms. The summed E-state index contributed by atoms with van der Waals surface area (Å²) in [7, 11) is 0. The topological polar surface area (TPSA) is 84.9 Å². The zero-order valence-corrected chi connectivity index (χ0v) is 7.14. The summed E-state index contributed by atoms with van der Waals surface area (Å²) in [4.78, 5) is 10.7. The van der Waals surface area contributed by atoms with E-state index in [0.717, 1.165) is 0 Å². The summed E-state index contributed by atoms with van der Waals surface area (Å²) >= 11 is 0. The number of aromatic carboxylic acids is 1. The van der Waals surface area contributed by atoms with E-state index in [9.17, 15) is 4.79 Å². The van der Waals surface area contributed by atoms with Gasteiger partial charge in [-0.25, -0.2) is 4.79 Å². The average Bonchev–Trinajstić information content (AvgIpc) is 2.20. The SMILES string of the molecule is N#CC(C#N)c1ccccc1C(=O)O. The lowest BCUT2D eigenvalue weighted by Crippen LogP contribution is -2.04. The first-order valence-corrected chi connectivity index (χ1v) is 3.82. The zero-order chi connectivity index (χ0) is 10.6. The fourth-order valence-electron chi connectivity index (χ4n) is 1.11. The summed E-state index contributed by atoms with van der Waals surface area (Å²) in [6, 6.07) is 9.48. The molecule has 0 aliphatic heterocycles. The predicted molar refractivity (Wildman–Crippen MR) is 47.4 cm³/mol. The van der Waals surface area contributed by atoms with Gasteiger partial charge in [0.2, 0.25) is 0 Å². The molecule has 0 heterocycles. The van der Waals surface area contributed by atoms with Crippen LogP contribution in [0.4, 0.5) is 0 Å². The summed E-state index contributed by atoms with van der Waals surface area (Å²) < 4.78 is 0. The number of carboxylic acids is 1. The maximum atomic E-state index is 10.7. The van der Waals surface area contributed by atoms with Crippen LogP contribution in [0.3, 0.4) is 0 Å². The average molecular weight is 186 g/mol. The Balaban J connectivity index is 3.29. The molecule has 14 heavy (non-hydrogen) atoms. The standard InChI is InChI=1S/C10H6N2O2/c11-5-7(6-12)8-3-1-2-4-9(8)10(13)14/h1-4,7H,(H,13,14). The van der Waals surface area contributed by atoms with Gasteiger partial charge in [0.1, 0.15) is 0 Å². The largest absolute Gasteiger partial charge is 0.478 e. The Morgan fingerprint density at radius 3 is 2.36 bits per heavy atom. The van der Waals surface area contributed by atoms with Crippen LogP contribution < -0.4 is 0 Å². The van der Waals surface area contributed by atoms with Crippen molar-refractivity contribution in [3.63, 3.8) is 0 Å². The molecule has 0 radical (unpaired) electrons. The molecule has 1 N–H and O–H groups in total. The molecule has 0 unspecified atom stereocenters. The van der Waals surface area contributed by atoms with Crippen LogP contribution in [0.1, 0.15) is 21.8 Å². The molecule has 0 atom stereocenters. The van der Waals surface area contributed by atoms with Crippen molar-refractivity contribution in [3.05, 3.63) is 35.4 Å². The third kappa shape index (κ3) is 1.70. The van der Waals surface area contributed by atoms with E-state index in [-0.39, 0.29) is 11.1 Å². The molecule has 0 bridgehead atoms. The van der Waals surface area contributed by atoms with E-state index in [4.69, 9.17) is 15.6 Å². The zero-order valence-electron chi connectivity index (χ0n) is 7.14. The number of nitriles is 2. The first kappa shape index (κ1) is 9.76. The van der Waals surface area contributed by atoms with Crippen LogP contribution in [0.25, 0.3) is 0 Å². The highest BCUT2D eigenvalue weighted by atomic mass is 16.4. The van der Waals surface area contributed by atoms with Gasteiger partial charge in [0.15, 0.2) is 5.92 Å². The molecule has 0 saturated heterocycles. The minimum absolute atomic E-state index is 0.000556. The lowest BCUT2D eigenvalue weighted by Gasteiger charge is -2.04. The Hall–Kier alpha value is -2.33. The monoisotopic (exact) mass is 186 g/mol. The van der Waals surface area contributed by atoms with Crippen molar-refractivity contribution in [3.8, 4) is 12.1 Å². The van der Waals surface area contributed by atoms with Crippen LogP contribution in [0.2, 0.25) is 0 Å². The molecule has 1 aromatic rings. The van der Waals surface area contributed by atoms with E-state index in [2.05, 4.69) is 0 Å². The van der Waals surface area contributed by atoms with Gasteiger partial charge >= 0.3 is 5.97 Å². The maximum Gasteiger partial charge on any atom is 0.336 e. The van der Waals surface area contributed by atoms with Gasteiger partial charge in [-0.3, -0.25) is 0 Å². The van der Waals surface area contributed by atoms with Gasteiger partial charge in [-0.1, -0.05) is 18.2 Å². The summed E-state index contributed by atoms with van der Waals surface area (Å²) in [5, 5.41) is 26.0. The van der Waals surface area contributed by atoms with E-state index in [0.29, 0.717) is 0 Å². The molecule has 0 amide bonds. The van der Waals surface area contributed by atoms with Gasteiger partial charge in [0, 0.05) is 0 Å². The number of hydrogen-bond acceptors (Lipinski definition) is 3. The number of nitrogens with zero attached hydrogens (tertiary/aromatic N) is 2. The lowest BCUT2D eigenvalue weighted by molar-refractivity contribution is 0.0695. The van der Waals surface area contributed by atoms with Crippen LogP contribution in [-0.4, -0.2) is 11.1 Å². The van der Waals surface area contributed by atoms with Gasteiger partial charge in [0.05, 0.1) is 17.7 Å². The second kappa shape index (κ2) is 4.06. The quantitative estimate of drug-likeness (QED) is 0.758. The second-order valence-electron chi connectivity index (χ2n) is 2.58. The van der Waals surface area contributed by atoms with E-state index in [1.807, 2.05) is 0 Å². The molecule has 0 saturated carbocycles. The molecule has 0 aromatic heterocycles. The van der Waals surface area contributed by atoms with Crippen molar-refractivity contribution >= 4 is 5.97 Å². The van der Waals surface area contributed by atoms with Gasteiger partial charge in [-0.15, -0.1) is 0 Å². The highest BCUT2D eigenvalue weighted by molar-refractivity contribution is 5.89.